The molecule has 0 saturated carbocycles. The molecule has 0 radical (unpaired) electrons. The van der Waals surface area contributed by atoms with Crippen molar-refractivity contribution in [1.82, 2.24) is 8.80 Å². The number of hydrogen-bond donors (Lipinski definition) is 0. The summed E-state index contributed by atoms with van der Waals surface area (Å²) in [4.78, 5) is 2.40. The van der Waals surface area contributed by atoms with Gasteiger partial charge < -0.3 is 13.7 Å². The molecule has 3 heterocycles. The molecule has 8 aromatic carbocycles. The fourth-order valence-corrected chi connectivity index (χ4v) is 9.44. The summed E-state index contributed by atoms with van der Waals surface area (Å²) in [6.07, 6.45) is 9.95. The van der Waals surface area contributed by atoms with Gasteiger partial charge in [-0.2, -0.15) is 0 Å². The molecule has 0 aliphatic heterocycles. The third kappa shape index (κ3) is 4.46. The molecule has 1 aliphatic rings. The predicted molar refractivity (Wildman–Crippen MR) is 237 cm³/mol. The average molecular weight is 714 g/mol. The smallest absolute Gasteiger partial charge is 0.0795 e. The SMILES string of the molecule is C1=CCc2c(c3c4ccc(N(c5ccc(-c6ccccc6)cc5)c5ccc(-c6ccccc6)cc5)cc4n4c5ccccc5n5c6ccccc6c2c5c34)C=C1. The minimum Gasteiger partial charge on any atom is -0.310 e. The molecule has 56 heavy (non-hydrogen) atoms. The quantitative estimate of drug-likeness (QED) is 0.162. The van der Waals surface area contributed by atoms with Crippen LogP contribution in [0.15, 0.2) is 194 Å². The minimum absolute atomic E-state index is 0.890. The second-order valence-electron chi connectivity index (χ2n) is 14.9. The standard InChI is InChI=1S/C53H35N3/c1-4-14-35(15-5-1)37-24-28-39(29-25-37)54(40-30-26-38(27-31-40)36-16-6-2-7-17-36)41-32-33-45-49(34-41)56-48-23-13-12-22-47(48)55-46-21-11-10-20-44(46)50-42-18-8-3-9-19-43(42)51(45)53(56)52(50)55/h1-17,19-34H,18H2. The van der Waals surface area contributed by atoms with Crippen LogP contribution < -0.4 is 4.90 Å². The van der Waals surface area contributed by atoms with Crippen molar-refractivity contribution in [3.05, 3.63) is 205 Å². The third-order valence-corrected chi connectivity index (χ3v) is 11.9. The van der Waals surface area contributed by atoms with Gasteiger partial charge >= 0.3 is 0 Å². The number of rotatable bonds is 5. The highest BCUT2D eigenvalue weighted by Crippen LogP contribution is 2.48. The molecule has 12 rings (SSSR count). The van der Waals surface area contributed by atoms with Crippen molar-refractivity contribution in [2.75, 3.05) is 4.90 Å². The molecular formula is C53H35N3. The van der Waals surface area contributed by atoms with Crippen molar-refractivity contribution in [3.8, 4) is 22.3 Å². The van der Waals surface area contributed by atoms with Gasteiger partial charge in [-0.3, -0.25) is 0 Å². The molecule has 0 saturated heterocycles. The van der Waals surface area contributed by atoms with Crippen LogP contribution in [-0.2, 0) is 6.42 Å². The van der Waals surface area contributed by atoms with E-state index in [2.05, 4.69) is 214 Å². The van der Waals surface area contributed by atoms with Gasteiger partial charge in [0.2, 0.25) is 0 Å². The number of aromatic nitrogens is 2. The second-order valence-corrected chi connectivity index (χ2v) is 14.9. The summed E-state index contributed by atoms with van der Waals surface area (Å²) < 4.78 is 5.07. The lowest BCUT2D eigenvalue weighted by Gasteiger charge is -2.26. The van der Waals surface area contributed by atoms with Crippen LogP contribution in [0.1, 0.15) is 11.1 Å². The molecule has 0 bridgehead atoms. The van der Waals surface area contributed by atoms with E-state index in [0.717, 1.165) is 23.5 Å². The van der Waals surface area contributed by atoms with Gasteiger partial charge in [0.05, 0.1) is 33.1 Å². The summed E-state index contributed by atoms with van der Waals surface area (Å²) in [6.45, 7) is 0. The summed E-state index contributed by atoms with van der Waals surface area (Å²) >= 11 is 0. The van der Waals surface area contributed by atoms with Gasteiger partial charge in [0.15, 0.2) is 0 Å². The number of para-hydroxylation sites is 3. The maximum atomic E-state index is 2.55. The molecule has 3 heteroatoms. The number of nitrogens with zero attached hydrogens (tertiary/aromatic N) is 3. The molecule has 0 N–H and O–H groups in total. The topological polar surface area (TPSA) is 12.1 Å². The molecule has 0 amide bonds. The average Bonchev–Trinajstić information content (AvgIpc) is 3.68. The predicted octanol–water partition coefficient (Wildman–Crippen LogP) is 14.2. The lowest BCUT2D eigenvalue weighted by Crippen LogP contribution is -2.10. The van der Waals surface area contributed by atoms with E-state index < -0.39 is 0 Å². The number of benzene rings is 8. The van der Waals surface area contributed by atoms with Crippen LogP contribution in [-0.4, -0.2) is 8.80 Å². The van der Waals surface area contributed by atoms with Crippen molar-refractivity contribution in [2.45, 2.75) is 6.42 Å². The molecule has 1 aliphatic carbocycles. The van der Waals surface area contributed by atoms with Gasteiger partial charge in [0.1, 0.15) is 0 Å². The van der Waals surface area contributed by atoms with Gasteiger partial charge in [-0.25, -0.2) is 0 Å². The number of anilines is 3. The molecular weight excluding hydrogens is 679 g/mol. The highest BCUT2D eigenvalue weighted by Gasteiger charge is 2.27. The first kappa shape index (κ1) is 31.0. The van der Waals surface area contributed by atoms with Crippen LogP contribution in [0.5, 0.6) is 0 Å². The van der Waals surface area contributed by atoms with E-state index in [0.29, 0.717) is 0 Å². The molecule has 0 fully saturated rings. The number of hydrogen-bond acceptors (Lipinski definition) is 1. The Kier molecular flexibility index (Phi) is 6.69. The zero-order valence-corrected chi connectivity index (χ0v) is 30.6. The summed E-state index contributed by atoms with van der Waals surface area (Å²) in [6, 6.07) is 64.2. The van der Waals surface area contributed by atoms with Crippen LogP contribution in [0.25, 0.3) is 83.0 Å². The maximum Gasteiger partial charge on any atom is 0.0795 e. The number of allylic oxidation sites excluding steroid dienone is 3. The Morgan fingerprint density at radius 1 is 0.393 bits per heavy atom. The van der Waals surface area contributed by atoms with Crippen molar-refractivity contribution < 1.29 is 0 Å². The molecule has 0 atom stereocenters. The second kappa shape index (κ2) is 12.1. The first-order valence-electron chi connectivity index (χ1n) is 19.4. The van der Waals surface area contributed by atoms with Crippen LogP contribution in [0.2, 0.25) is 0 Å². The van der Waals surface area contributed by atoms with E-state index in [9.17, 15) is 0 Å². The molecule has 262 valence electrons. The molecule has 3 nitrogen and oxygen atoms in total. The zero-order chi connectivity index (χ0) is 36.7. The van der Waals surface area contributed by atoms with Crippen LogP contribution in [0, 0.1) is 0 Å². The van der Waals surface area contributed by atoms with E-state index in [-0.39, 0.29) is 0 Å². The van der Waals surface area contributed by atoms with Crippen LogP contribution in [0.4, 0.5) is 17.1 Å². The monoisotopic (exact) mass is 713 g/mol. The lowest BCUT2D eigenvalue weighted by atomic mass is 9.93. The van der Waals surface area contributed by atoms with Crippen molar-refractivity contribution in [2.24, 2.45) is 0 Å². The Hall–Kier alpha value is -7.36. The van der Waals surface area contributed by atoms with Gasteiger partial charge in [-0.1, -0.05) is 146 Å². The Morgan fingerprint density at radius 2 is 0.893 bits per heavy atom. The Labute approximate surface area is 324 Å². The summed E-state index contributed by atoms with van der Waals surface area (Å²) in [5.74, 6) is 0. The van der Waals surface area contributed by atoms with Crippen LogP contribution >= 0.6 is 0 Å². The fraction of sp³-hybridized carbons (Fsp3) is 0.0189. The van der Waals surface area contributed by atoms with Crippen molar-refractivity contribution in [1.29, 1.82) is 0 Å². The van der Waals surface area contributed by atoms with E-state index in [1.807, 2.05) is 0 Å². The normalized spacial score (nSPS) is 12.8. The first-order valence-corrected chi connectivity index (χ1v) is 19.4. The van der Waals surface area contributed by atoms with E-state index >= 15 is 0 Å². The molecule has 0 unspecified atom stereocenters. The van der Waals surface area contributed by atoms with E-state index in [1.54, 1.807) is 0 Å². The Bertz CT molecular complexity index is 3260. The van der Waals surface area contributed by atoms with Crippen molar-refractivity contribution in [3.63, 3.8) is 0 Å². The van der Waals surface area contributed by atoms with Gasteiger partial charge in [-0.15, -0.1) is 0 Å². The fourth-order valence-electron chi connectivity index (χ4n) is 9.44. The maximum absolute atomic E-state index is 2.55. The van der Waals surface area contributed by atoms with Crippen LogP contribution in [0.3, 0.4) is 0 Å². The Morgan fingerprint density at radius 3 is 1.54 bits per heavy atom. The van der Waals surface area contributed by atoms with Gasteiger partial charge in [-0.05, 0) is 94.4 Å². The molecule has 11 aromatic rings. The summed E-state index contributed by atoms with van der Waals surface area (Å²) in [5, 5.41) is 5.25. The Balaban J connectivity index is 1.15. The van der Waals surface area contributed by atoms with Crippen molar-refractivity contribution >= 4 is 77.8 Å². The third-order valence-electron chi connectivity index (χ3n) is 11.9. The first-order chi connectivity index (χ1) is 27.8. The molecule has 3 aromatic heterocycles. The van der Waals surface area contributed by atoms with Gasteiger partial charge in [0.25, 0.3) is 0 Å². The summed E-state index contributed by atoms with van der Waals surface area (Å²) in [5.41, 5.74) is 18.3. The lowest BCUT2D eigenvalue weighted by molar-refractivity contribution is 1.24. The highest BCUT2D eigenvalue weighted by atomic mass is 15.1. The largest absolute Gasteiger partial charge is 0.310 e. The molecule has 0 spiro atoms. The van der Waals surface area contributed by atoms with E-state index in [1.165, 1.54) is 88.0 Å². The highest BCUT2D eigenvalue weighted by molar-refractivity contribution is 6.29. The number of fused-ring (bicyclic) bond motifs is 12. The zero-order valence-electron chi connectivity index (χ0n) is 30.6. The minimum atomic E-state index is 0.890. The van der Waals surface area contributed by atoms with Gasteiger partial charge in [0, 0.05) is 38.6 Å². The van der Waals surface area contributed by atoms with E-state index in [4.69, 9.17) is 0 Å². The summed E-state index contributed by atoms with van der Waals surface area (Å²) in [7, 11) is 0.